The van der Waals surface area contributed by atoms with Crippen LogP contribution in [0.25, 0.3) is 0 Å². The predicted octanol–water partition coefficient (Wildman–Crippen LogP) is 3.00. The number of hydrogen-bond acceptors (Lipinski definition) is 4. The number of carbonyl (C=O) groups is 1. The van der Waals surface area contributed by atoms with E-state index >= 15 is 0 Å². The van der Waals surface area contributed by atoms with Crippen LogP contribution in [0.1, 0.15) is 24.1 Å². The molecule has 24 heavy (non-hydrogen) atoms. The van der Waals surface area contributed by atoms with E-state index in [1.807, 2.05) is 26.8 Å². The number of urea groups is 1. The number of carbonyl (C=O) groups excluding carboxylic acids is 1. The molecule has 0 radical (unpaired) electrons. The summed E-state index contributed by atoms with van der Waals surface area (Å²) in [7, 11) is 0. The smallest absolute Gasteiger partial charge is 0.319 e. The van der Waals surface area contributed by atoms with Gasteiger partial charge >= 0.3 is 6.03 Å². The molecule has 0 saturated heterocycles. The molecule has 0 unspecified atom stereocenters. The lowest BCUT2D eigenvalue weighted by molar-refractivity contribution is 0.252. The molecule has 2 N–H and O–H groups in total. The second kappa shape index (κ2) is 8.24. The number of anilines is 1. The van der Waals surface area contributed by atoms with Gasteiger partial charge in [0.2, 0.25) is 0 Å². The van der Waals surface area contributed by atoms with Crippen LogP contribution in [0.4, 0.5) is 14.9 Å². The van der Waals surface area contributed by atoms with Crippen LogP contribution in [0.3, 0.4) is 0 Å². The quantitative estimate of drug-likeness (QED) is 0.852. The van der Waals surface area contributed by atoms with E-state index in [-0.39, 0.29) is 5.69 Å². The van der Waals surface area contributed by atoms with E-state index in [0.29, 0.717) is 31.1 Å². The molecule has 7 heteroatoms. The lowest BCUT2D eigenvalue weighted by Crippen LogP contribution is -2.31. The van der Waals surface area contributed by atoms with Crippen molar-refractivity contribution in [3.05, 3.63) is 47.3 Å². The molecule has 0 atom stereocenters. The molecule has 1 heterocycles. The van der Waals surface area contributed by atoms with Gasteiger partial charge in [-0.05, 0) is 39.0 Å². The number of halogens is 1. The Morgan fingerprint density at radius 1 is 1.21 bits per heavy atom. The molecule has 0 fully saturated rings. The Kier molecular flexibility index (Phi) is 6.06. The Bertz CT molecular complexity index is 701. The minimum atomic E-state index is -0.547. The maximum absolute atomic E-state index is 13.9. The highest BCUT2D eigenvalue weighted by molar-refractivity contribution is 5.89. The van der Waals surface area contributed by atoms with Crippen LogP contribution in [-0.4, -0.2) is 29.2 Å². The third-order valence-corrected chi connectivity index (χ3v) is 3.16. The van der Waals surface area contributed by atoms with Crippen molar-refractivity contribution in [1.82, 2.24) is 15.3 Å². The second-order valence-corrected chi connectivity index (χ2v) is 5.27. The molecule has 1 aromatic carbocycles. The molecule has 2 rings (SSSR count). The predicted molar refractivity (Wildman–Crippen MR) is 89.8 cm³/mol. The van der Waals surface area contributed by atoms with Crippen molar-refractivity contribution in [2.45, 2.75) is 27.2 Å². The molecule has 0 bridgehead atoms. The van der Waals surface area contributed by atoms with E-state index in [2.05, 4.69) is 20.6 Å². The molecular weight excluding hydrogens is 311 g/mol. The van der Waals surface area contributed by atoms with E-state index in [0.717, 1.165) is 11.4 Å². The Morgan fingerprint density at radius 3 is 2.54 bits per heavy atom. The molecule has 128 valence electrons. The van der Waals surface area contributed by atoms with E-state index in [1.165, 1.54) is 12.1 Å². The van der Waals surface area contributed by atoms with Gasteiger partial charge in [-0.3, -0.25) is 0 Å². The Balaban J connectivity index is 1.85. The SMILES string of the molecule is CCOc1ccc(NC(=O)NCCc2nc(C)cc(C)n2)c(F)c1. The summed E-state index contributed by atoms with van der Waals surface area (Å²) in [5, 5.41) is 5.12. The number of aromatic nitrogens is 2. The lowest BCUT2D eigenvalue weighted by Gasteiger charge is -2.10. The van der Waals surface area contributed by atoms with E-state index in [1.54, 1.807) is 6.07 Å². The second-order valence-electron chi connectivity index (χ2n) is 5.27. The lowest BCUT2D eigenvalue weighted by atomic mass is 10.3. The fourth-order valence-electron chi connectivity index (χ4n) is 2.22. The highest BCUT2D eigenvalue weighted by Crippen LogP contribution is 2.20. The van der Waals surface area contributed by atoms with Crippen molar-refractivity contribution in [3.63, 3.8) is 0 Å². The van der Waals surface area contributed by atoms with Gasteiger partial charge in [0.05, 0.1) is 12.3 Å². The minimum Gasteiger partial charge on any atom is -0.494 e. The van der Waals surface area contributed by atoms with E-state index < -0.39 is 11.8 Å². The highest BCUT2D eigenvalue weighted by Gasteiger charge is 2.08. The van der Waals surface area contributed by atoms with Crippen molar-refractivity contribution in [2.75, 3.05) is 18.5 Å². The first-order chi connectivity index (χ1) is 11.5. The van der Waals surface area contributed by atoms with E-state index in [9.17, 15) is 9.18 Å². The van der Waals surface area contributed by atoms with Gasteiger partial charge in [-0.2, -0.15) is 0 Å². The average molecular weight is 332 g/mol. The number of nitrogens with one attached hydrogen (secondary N) is 2. The Hall–Kier alpha value is -2.70. The van der Waals surface area contributed by atoms with Gasteiger partial charge in [0.15, 0.2) is 0 Å². The summed E-state index contributed by atoms with van der Waals surface area (Å²) in [4.78, 5) is 20.4. The number of hydrogen-bond donors (Lipinski definition) is 2. The van der Waals surface area contributed by atoms with Crippen molar-refractivity contribution in [2.24, 2.45) is 0 Å². The van der Waals surface area contributed by atoms with Crippen molar-refractivity contribution < 1.29 is 13.9 Å². The normalized spacial score (nSPS) is 10.3. The summed E-state index contributed by atoms with van der Waals surface area (Å²) in [5.74, 6) is 0.543. The zero-order valence-corrected chi connectivity index (χ0v) is 14.0. The molecule has 2 amide bonds. The number of benzene rings is 1. The fraction of sp³-hybridized carbons (Fsp3) is 0.353. The molecule has 0 aliphatic rings. The summed E-state index contributed by atoms with van der Waals surface area (Å²) in [6.07, 6.45) is 0.502. The summed E-state index contributed by atoms with van der Waals surface area (Å²) in [5.41, 5.74) is 1.87. The van der Waals surface area contributed by atoms with Crippen LogP contribution in [0.5, 0.6) is 5.75 Å². The molecule has 0 saturated carbocycles. The van der Waals surface area contributed by atoms with Crippen LogP contribution in [0, 0.1) is 19.7 Å². The average Bonchev–Trinajstić information content (AvgIpc) is 2.49. The maximum Gasteiger partial charge on any atom is 0.319 e. The monoisotopic (exact) mass is 332 g/mol. The van der Waals surface area contributed by atoms with Crippen molar-refractivity contribution in [1.29, 1.82) is 0 Å². The Morgan fingerprint density at radius 2 is 1.92 bits per heavy atom. The van der Waals surface area contributed by atoms with Gasteiger partial charge < -0.3 is 15.4 Å². The topological polar surface area (TPSA) is 76.1 Å². The minimum absolute atomic E-state index is 0.0959. The van der Waals surface area contributed by atoms with Gasteiger partial charge in [-0.15, -0.1) is 0 Å². The van der Waals surface area contributed by atoms with Crippen molar-refractivity contribution >= 4 is 11.7 Å². The fourth-order valence-corrected chi connectivity index (χ4v) is 2.22. The largest absolute Gasteiger partial charge is 0.494 e. The van der Waals surface area contributed by atoms with Gasteiger partial charge in [0, 0.05) is 30.4 Å². The molecule has 0 aliphatic heterocycles. The van der Waals surface area contributed by atoms with Crippen LogP contribution in [0.2, 0.25) is 0 Å². The summed E-state index contributed by atoms with van der Waals surface area (Å²) >= 11 is 0. The van der Waals surface area contributed by atoms with Gasteiger partial charge in [-0.1, -0.05) is 0 Å². The molecule has 2 aromatic rings. The first kappa shape index (κ1) is 17.7. The highest BCUT2D eigenvalue weighted by atomic mass is 19.1. The standard InChI is InChI=1S/C17H21FN4O2/c1-4-24-13-5-6-15(14(18)10-13)22-17(23)19-8-7-16-20-11(2)9-12(3)21-16/h5-6,9-10H,4,7-8H2,1-3H3,(H2,19,22,23). The van der Waals surface area contributed by atoms with Crippen molar-refractivity contribution in [3.8, 4) is 5.75 Å². The number of aryl methyl sites for hydroxylation is 2. The van der Waals surface area contributed by atoms with Gasteiger partial charge in [0.1, 0.15) is 17.4 Å². The van der Waals surface area contributed by atoms with Gasteiger partial charge in [-0.25, -0.2) is 19.2 Å². The molecule has 0 spiro atoms. The zero-order chi connectivity index (χ0) is 17.5. The first-order valence-electron chi connectivity index (χ1n) is 7.76. The zero-order valence-electron chi connectivity index (χ0n) is 14.0. The first-order valence-corrected chi connectivity index (χ1v) is 7.76. The molecular formula is C17H21FN4O2. The number of amides is 2. The summed E-state index contributed by atoms with van der Waals surface area (Å²) in [6, 6.07) is 5.71. The Labute approximate surface area is 140 Å². The molecule has 6 nitrogen and oxygen atoms in total. The van der Waals surface area contributed by atoms with Crippen LogP contribution in [0.15, 0.2) is 24.3 Å². The van der Waals surface area contributed by atoms with Crippen LogP contribution < -0.4 is 15.4 Å². The van der Waals surface area contributed by atoms with E-state index in [4.69, 9.17) is 4.74 Å². The van der Waals surface area contributed by atoms with Gasteiger partial charge in [0.25, 0.3) is 0 Å². The summed E-state index contributed by atoms with van der Waals surface area (Å²) in [6.45, 7) is 6.41. The third kappa shape index (κ3) is 5.19. The molecule has 0 aliphatic carbocycles. The number of ether oxygens (including phenoxy) is 1. The third-order valence-electron chi connectivity index (χ3n) is 3.16. The molecule has 1 aromatic heterocycles. The number of nitrogens with zero attached hydrogens (tertiary/aromatic N) is 2. The summed E-state index contributed by atoms with van der Waals surface area (Å²) < 4.78 is 19.1. The maximum atomic E-state index is 13.9. The number of rotatable bonds is 6. The van der Waals surface area contributed by atoms with Crippen LogP contribution >= 0.6 is 0 Å². The van der Waals surface area contributed by atoms with Crippen LogP contribution in [-0.2, 0) is 6.42 Å².